The van der Waals surface area contributed by atoms with E-state index in [9.17, 15) is 0 Å². The van der Waals surface area contributed by atoms with Crippen molar-refractivity contribution in [3.63, 3.8) is 0 Å². The molecule has 0 saturated carbocycles. The van der Waals surface area contributed by atoms with Gasteiger partial charge in [-0.15, -0.1) is 0 Å². The molecule has 0 unspecified atom stereocenters. The smallest absolute Gasteiger partial charge is 0.159 e. The fraction of sp³-hybridized carbons (Fsp3) is 0.357. The third-order valence-electron chi connectivity index (χ3n) is 7.61. The Hall–Kier alpha value is -3.86. The van der Waals surface area contributed by atoms with E-state index in [1.807, 2.05) is 18.6 Å². The van der Waals surface area contributed by atoms with Gasteiger partial charge in [-0.3, -0.25) is 15.0 Å². The number of nitrogens with zero attached hydrogens (tertiary/aromatic N) is 7. The second kappa shape index (κ2) is 9.79. The summed E-state index contributed by atoms with van der Waals surface area (Å²) < 4.78 is 5.48. The number of aromatic nitrogens is 6. The summed E-state index contributed by atoms with van der Waals surface area (Å²) >= 11 is 0. The number of fused-ring (bicyclic) bond motifs is 2. The Morgan fingerprint density at radius 3 is 2.63 bits per heavy atom. The minimum atomic E-state index is 0.736. The van der Waals surface area contributed by atoms with Crippen LogP contribution in [-0.4, -0.2) is 99.5 Å². The molecule has 0 amide bonds. The van der Waals surface area contributed by atoms with Crippen LogP contribution >= 0.6 is 0 Å². The Morgan fingerprint density at radius 2 is 1.76 bits per heavy atom. The number of anilines is 1. The molecule has 10 nitrogen and oxygen atoms in total. The van der Waals surface area contributed by atoms with Crippen LogP contribution < -0.4 is 4.90 Å². The molecule has 4 aromatic heterocycles. The highest BCUT2D eigenvalue weighted by molar-refractivity contribution is 5.93. The average molecular weight is 510 g/mol. The number of hydrogen-bond acceptors (Lipinski definition) is 8. The number of nitrogens with one attached hydrogen (secondary N) is 2. The highest BCUT2D eigenvalue weighted by Crippen LogP contribution is 2.30. The third kappa shape index (κ3) is 4.51. The Balaban J connectivity index is 1.18. The summed E-state index contributed by atoms with van der Waals surface area (Å²) in [5, 5.41) is 8.58. The van der Waals surface area contributed by atoms with Crippen molar-refractivity contribution < 1.29 is 4.74 Å². The van der Waals surface area contributed by atoms with Gasteiger partial charge in [0, 0.05) is 81.2 Å². The summed E-state index contributed by atoms with van der Waals surface area (Å²) in [7, 11) is 2.17. The number of hydrogen-bond donors (Lipinski definition) is 2. The zero-order valence-corrected chi connectivity index (χ0v) is 21.5. The number of rotatable bonds is 5. The van der Waals surface area contributed by atoms with E-state index >= 15 is 0 Å². The summed E-state index contributed by atoms with van der Waals surface area (Å²) in [6.07, 6.45) is 5.71. The van der Waals surface area contributed by atoms with Gasteiger partial charge in [0.25, 0.3) is 0 Å². The molecule has 6 heterocycles. The van der Waals surface area contributed by atoms with E-state index in [2.05, 4.69) is 77.2 Å². The number of benzene rings is 1. The van der Waals surface area contributed by atoms with E-state index in [0.29, 0.717) is 0 Å². The molecule has 1 aromatic carbocycles. The van der Waals surface area contributed by atoms with Crippen molar-refractivity contribution in [2.75, 3.05) is 64.4 Å². The summed E-state index contributed by atoms with van der Waals surface area (Å²) in [5.74, 6) is 0.736. The maximum Gasteiger partial charge on any atom is 0.159 e. The van der Waals surface area contributed by atoms with Crippen LogP contribution in [0.25, 0.3) is 44.7 Å². The molecule has 2 aliphatic rings. The van der Waals surface area contributed by atoms with E-state index < -0.39 is 0 Å². The third-order valence-corrected chi connectivity index (χ3v) is 7.61. The predicted octanol–water partition coefficient (Wildman–Crippen LogP) is 3.15. The molecule has 0 spiro atoms. The second-order valence-corrected chi connectivity index (χ2v) is 10.2. The molecule has 2 saturated heterocycles. The molecule has 0 aliphatic carbocycles. The maximum atomic E-state index is 5.48. The summed E-state index contributed by atoms with van der Waals surface area (Å²) in [6, 6.07) is 10.8. The molecule has 5 aromatic rings. The van der Waals surface area contributed by atoms with E-state index in [0.717, 1.165) is 104 Å². The maximum absolute atomic E-state index is 5.48. The first kappa shape index (κ1) is 23.3. The number of ether oxygens (including phenoxy) is 1. The molecular formula is C28H31N9O. The van der Waals surface area contributed by atoms with Crippen molar-refractivity contribution in [1.29, 1.82) is 0 Å². The van der Waals surface area contributed by atoms with Gasteiger partial charge in [0.2, 0.25) is 0 Å². The summed E-state index contributed by atoms with van der Waals surface area (Å²) in [6.45, 7) is 8.54. The average Bonchev–Trinajstić information content (AvgIpc) is 3.57. The number of H-pyrrole nitrogens is 2. The number of aromatic amines is 2. The van der Waals surface area contributed by atoms with Crippen LogP contribution in [0.4, 0.5) is 5.69 Å². The van der Waals surface area contributed by atoms with Gasteiger partial charge < -0.3 is 19.5 Å². The van der Waals surface area contributed by atoms with Crippen molar-refractivity contribution >= 4 is 27.8 Å². The number of likely N-dealkylation sites (N-methyl/N-ethyl adjacent to an activating group) is 1. The number of imidazole rings is 1. The van der Waals surface area contributed by atoms with Gasteiger partial charge in [-0.1, -0.05) is 0 Å². The summed E-state index contributed by atoms with van der Waals surface area (Å²) in [4.78, 5) is 24.8. The highest BCUT2D eigenvalue weighted by Gasteiger charge is 2.18. The second-order valence-electron chi connectivity index (χ2n) is 10.2. The van der Waals surface area contributed by atoms with E-state index in [1.165, 1.54) is 11.3 Å². The Labute approximate surface area is 220 Å². The molecule has 0 bridgehead atoms. The molecule has 2 N–H and O–H groups in total. The SMILES string of the molecule is CN1CCN(c2ccc3[nH]c(-c4n[nH]c5ncc(-c6cncc(CN7CCOCC7)c6)cc45)nc3c2)CC1. The largest absolute Gasteiger partial charge is 0.379 e. The van der Waals surface area contributed by atoms with E-state index in [-0.39, 0.29) is 0 Å². The Kier molecular flexibility index (Phi) is 5.99. The Morgan fingerprint density at radius 1 is 0.921 bits per heavy atom. The van der Waals surface area contributed by atoms with Gasteiger partial charge in [-0.2, -0.15) is 5.10 Å². The summed E-state index contributed by atoms with van der Waals surface area (Å²) in [5.41, 5.74) is 7.89. The van der Waals surface area contributed by atoms with Crippen LogP contribution in [0.2, 0.25) is 0 Å². The van der Waals surface area contributed by atoms with Crippen LogP contribution in [0.15, 0.2) is 48.9 Å². The van der Waals surface area contributed by atoms with Crippen LogP contribution in [-0.2, 0) is 11.3 Å². The molecule has 10 heteroatoms. The molecular weight excluding hydrogens is 478 g/mol. The first-order valence-electron chi connectivity index (χ1n) is 13.2. The van der Waals surface area contributed by atoms with Gasteiger partial charge in [0.05, 0.1) is 29.6 Å². The van der Waals surface area contributed by atoms with Crippen molar-refractivity contribution in [1.82, 2.24) is 39.9 Å². The standard InChI is InChI=1S/C28H31N9O/c1-35-4-6-37(7-5-35)22-2-3-24-25(14-22)32-28(31-24)26-23-13-21(17-30-27(23)34-33-26)20-12-19(15-29-16-20)18-36-8-10-38-11-9-36/h2-3,12-17H,4-11,18H2,1H3,(H,31,32)(H,30,33,34). The van der Waals surface area contributed by atoms with Gasteiger partial charge in [-0.05, 0) is 42.9 Å². The van der Waals surface area contributed by atoms with Gasteiger partial charge in [-0.25, -0.2) is 9.97 Å². The molecule has 0 radical (unpaired) electrons. The number of piperazine rings is 1. The fourth-order valence-electron chi connectivity index (χ4n) is 5.36. The number of morpholine rings is 1. The molecule has 194 valence electrons. The quantitative estimate of drug-likeness (QED) is 0.373. The minimum Gasteiger partial charge on any atom is -0.379 e. The van der Waals surface area contributed by atoms with Crippen LogP contribution in [0.1, 0.15) is 5.56 Å². The monoisotopic (exact) mass is 509 g/mol. The topological polar surface area (TPSA) is 102 Å². The van der Waals surface area contributed by atoms with Crippen LogP contribution in [0.5, 0.6) is 0 Å². The fourth-order valence-corrected chi connectivity index (χ4v) is 5.36. The van der Waals surface area contributed by atoms with Crippen molar-refractivity contribution in [3.05, 3.63) is 54.5 Å². The first-order chi connectivity index (χ1) is 18.7. The zero-order chi connectivity index (χ0) is 25.5. The highest BCUT2D eigenvalue weighted by atomic mass is 16.5. The lowest BCUT2D eigenvalue weighted by Gasteiger charge is -2.34. The van der Waals surface area contributed by atoms with Crippen LogP contribution in [0.3, 0.4) is 0 Å². The van der Waals surface area contributed by atoms with Crippen molar-refractivity contribution in [3.8, 4) is 22.6 Å². The predicted molar refractivity (Wildman–Crippen MR) is 148 cm³/mol. The van der Waals surface area contributed by atoms with E-state index in [4.69, 9.17) is 9.72 Å². The van der Waals surface area contributed by atoms with Gasteiger partial charge in [0.15, 0.2) is 11.5 Å². The molecule has 7 rings (SSSR count). The van der Waals surface area contributed by atoms with E-state index in [1.54, 1.807) is 0 Å². The van der Waals surface area contributed by atoms with Crippen molar-refractivity contribution in [2.24, 2.45) is 0 Å². The normalized spacial score (nSPS) is 17.6. The first-order valence-corrected chi connectivity index (χ1v) is 13.2. The zero-order valence-electron chi connectivity index (χ0n) is 21.5. The lowest BCUT2D eigenvalue weighted by atomic mass is 10.1. The van der Waals surface area contributed by atoms with Crippen molar-refractivity contribution in [2.45, 2.75) is 6.54 Å². The molecule has 0 atom stereocenters. The van der Waals surface area contributed by atoms with Crippen LogP contribution in [0, 0.1) is 0 Å². The van der Waals surface area contributed by atoms with Gasteiger partial charge in [0.1, 0.15) is 5.69 Å². The molecule has 2 aliphatic heterocycles. The van der Waals surface area contributed by atoms with Gasteiger partial charge >= 0.3 is 0 Å². The lowest BCUT2D eigenvalue weighted by Crippen LogP contribution is -2.44. The molecule has 2 fully saturated rings. The Bertz CT molecular complexity index is 1580. The lowest BCUT2D eigenvalue weighted by molar-refractivity contribution is 0.0341. The molecule has 38 heavy (non-hydrogen) atoms. The number of pyridine rings is 2. The minimum absolute atomic E-state index is 0.736.